The topological polar surface area (TPSA) is 158 Å². The van der Waals surface area contributed by atoms with E-state index < -0.39 is 61.9 Å². The highest BCUT2D eigenvalue weighted by Gasteiger charge is 2.70. The third kappa shape index (κ3) is 5.77. The van der Waals surface area contributed by atoms with Crippen molar-refractivity contribution in [1.82, 2.24) is 0 Å². The zero-order chi connectivity index (χ0) is 37.1. The first-order valence-electron chi connectivity index (χ1n) is 20.4. The van der Waals surface area contributed by atoms with E-state index in [1.54, 1.807) is 0 Å². The quantitative estimate of drug-likeness (QED) is 0.223. The molecule has 2 aliphatic heterocycles. The molecule has 294 valence electrons. The van der Waals surface area contributed by atoms with Gasteiger partial charge in [-0.25, -0.2) is 0 Å². The van der Waals surface area contributed by atoms with Gasteiger partial charge in [-0.05, 0) is 127 Å². The maximum Gasteiger partial charge on any atom is 0.186 e. The fourth-order valence-corrected chi connectivity index (χ4v) is 14.5. The Hall–Kier alpha value is -0.400. The van der Waals surface area contributed by atoms with Gasteiger partial charge in [-0.2, -0.15) is 0 Å². The molecule has 0 amide bonds. The van der Waals surface area contributed by atoms with Crippen molar-refractivity contribution < 1.29 is 49.6 Å². The lowest BCUT2D eigenvalue weighted by Crippen LogP contribution is -2.66. The molecule has 7 rings (SSSR count). The predicted molar refractivity (Wildman–Crippen MR) is 190 cm³/mol. The first-order valence-corrected chi connectivity index (χ1v) is 20.4. The first-order chi connectivity index (χ1) is 23.8. The van der Waals surface area contributed by atoms with Crippen LogP contribution in [0.1, 0.15) is 120 Å². The van der Waals surface area contributed by atoms with Gasteiger partial charge in [0.15, 0.2) is 12.6 Å². The number of aliphatic hydroxyl groups excluding tert-OH is 6. The summed E-state index contributed by atoms with van der Waals surface area (Å²) in [7, 11) is 0. The van der Waals surface area contributed by atoms with Gasteiger partial charge in [0.25, 0.3) is 0 Å². The van der Waals surface area contributed by atoms with Crippen LogP contribution in [0.3, 0.4) is 0 Å². The van der Waals surface area contributed by atoms with Gasteiger partial charge in [0, 0.05) is 0 Å². The van der Waals surface area contributed by atoms with E-state index in [2.05, 4.69) is 55.4 Å². The van der Waals surface area contributed by atoms with Gasteiger partial charge in [-0.3, -0.25) is 0 Å². The van der Waals surface area contributed by atoms with E-state index in [0.717, 1.165) is 36.5 Å². The summed E-state index contributed by atoms with van der Waals surface area (Å²) >= 11 is 0. The molecule has 5 aliphatic carbocycles. The van der Waals surface area contributed by atoms with Crippen molar-refractivity contribution in [1.29, 1.82) is 0 Å². The van der Waals surface area contributed by atoms with E-state index >= 15 is 0 Å². The molecule has 6 N–H and O–H groups in total. The van der Waals surface area contributed by atoms with Crippen molar-refractivity contribution in [2.75, 3.05) is 13.2 Å². The molecule has 19 atom stereocenters. The lowest BCUT2D eigenvalue weighted by molar-refractivity contribution is -0.309. The van der Waals surface area contributed by atoms with E-state index in [9.17, 15) is 30.6 Å². The number of ether oxygens (including phenoxy) is 4. The lowest BCUT2D eigenvalue weighted by atomic mass is 9.32. The average molecular weight is 723 g/mol. The maximum absolute atomic E-state index is 11.1. The van der Waals surface area contributed by atoms with Crippen LogP contribution in [0.25, 0.3) is 0 Å². The molecule has 10 nitrogen and oxygen atoms in total. The molecule has 51 heavy (non-hydrogen) atoms. The van der Waals surface area contributed by atoms with Crippen LogP contribution in [0.4, 0.5) is 0 Å². The Morgan fingerprint density at radius 1 is 0.647 bits per heavy atom. The van der Waals surface area contributed by atoms with Crippen LogP contribution in [0.5, 0.6) is 0 Å². The Balaban J connectivity index is 1.03. The van der Waals surface area contributed by atoms with E-state index in [1.165, 1.54) is 51.4 Å². The third-order valence-corrected chi connectivity index (χ3v) is 17.6. The Labute approximate surface area is 306 Å². The second-order valence-corrected chi connectivity index (χ2v) is 20.3. The SMILES string of the molecule is CC(C)C1CCC2(C)CCC3(C)C(CCC4C5(C)CCC(OC6OC(COC7OC(CO)C(O)C(O)C7O)C(O)C6O)C(C)(C)C5CCC43C)C12. The summed E-state index contributed by atoms with van der Waals surface area (Å²) in [6, 6.07) is 0. The van der Waals surface area contributed by atoms with Crippen LogP contribution < -0.4 is 0 Å². The average Bonchev–Trinajstić information content (AvgIpc) is 3.57. The van der Waals surface area contributed by atoms with Gasteiger partial charge >= 0.3 is 0 Å². The highest BCUT2D eigenvalue weighted by Crippen LogP contribution is 2.77. The minimum absolute atomic E-state index is 0.163. The highest BCUT2D eigenvalue weighted by atomic mass is 16.7. The Kier molecular flexibility index (Phi) is 10.2. The summed E-state index contributed by atoms with van der Waals surface area (Å²) in [5.41, 5.74) is 1.18. The zero-order valence-electron chi connectivity index (χ0n) is 32.5. The summed E-state index contributed by atoms with van der Waals surface area (Å²) in [6.07, 6.45) is 0.703. The molecule has 7 aliphatic rings. The molecule has 0 aromatic heterocycles. The smallest absolute Gasteiger partial charge is 0.186 e. The molecule has 19 unspecified atom stereocenters. The van der Waals surface area contributed by atoms with E-state index in [0.29, 0.717) is 28.1 Å². The number of hydrogen-bond donors (Lipinski definition) is 6. The van der Waals surface area contributed by atoms with Crippen molar-refractivity contribution in [2.24, 2.45) is 62.6 Å². The summed E-state index contributed by atoms with van der Waals surface area (Å²) in [5.74, 6) is 4.38. The molecular formula is C41H70O10. The molecule has 5 saturated carbocycles. The molecule has 0 aromatic carbocycles. The molecule has 7 fully saturated rings. The maximum atomic E-state index is 11.1. The van der Waals surface area contributed by atoms with Crippen LogP contribution in [-0.4, -0.2) is 105 Å². The molecule has 2 heterocycles. The summed E-state index contributed by atoms with van der Waals surface area (Å²) in [5, 5.41) is 62.1. The fourth-order valence-electron chi connectivity index (χ4n) is 14.5. The van der Waals surface area contributed by atoms with Crippen molar-refractivity contribution in [3.8, 4) is 0 Å². The van der Waals surface area contributed by atoms with Gasteiger partial charge in [-0.15, -0.1) is 0 Å². The van der Waals surface area contributed by atoms with Crippen LogP contribution in [-0.2, 0) is 18.9 Å². The first kappa shape index (κ1) is 38.9. The summed E-state index contributed by atoms with van der Waals surface area (Å²) in [4.78, 5) is 0. The number of aliphatic hydroxyl groups is 6. The van der Waals surface area contributed by atoms with Crippen molar-refractivity contribution >= 4 is 0 Å². The Morgan fingerprint density at radius 2 is 1.31 bits per heavy atom. The summed E-state index contributed by atoms with van der Waals surface area (Å²) < 4.78 is 23.8. The second-order valence-electron chi connectivity index (χ2n) is 20.3. The van der Waals surface area contributed by atoms with Gasteiger partial charge in [0.05, 0.1) is 19.3 Å². The molecule has 0 aromatic rings. The van der Waals surface area contributed by atoms with Crippen LogP contribution in [0.2, 0.25) is 0 Å². The van der Waals surface area contributed by atoms with Gasteiger partial charge in [0.2, 0.25) is 0 Å². The Bertz CT molecular complexity index is 1260. The number of hydrogen-bond acceptors (Lipinski definition) is 10. The largest absolute Gasteiger partial charge is 0.394 e. The molecule has 2 saturated heterocycles. The zero-order valence-corrected chi connectivity index (χ0v) is 32.5. The molecule has 0 bridgehead atoms. The highest BCUT2D eigenvalue weighted by molar-refractivity contribution is 5.19. The lowest BCUT2D eigenvalue weighted by Gasteiger charge is -2.73. The van der Waals surface area contributed by atoms with Gasteiger partial charge in [0.1, 0.15) is 42.7 Å². The predicted octanol–water partition coefficient (Wildman–Crippen LogP) is 4.39. The minimum Gasteiger partial charge on any atom is -0.394 e. The molecular weight excluding hydrogens is 652 g/mol. The minimum atomic E-state index is -1.57. The molecule has 0 spiro atoms. The van der Waals surface area contributed by atoms with Crippen LogP contribution in [0.15, 0.2) is 0 Å². The normalized spacial score (nSPS) is 56.6. The Morgan fingerprint density at radius 3 is 2.00 bits per heavy atom. The fraction of sp³-hybridized carbons (Fsp3) is 1.00. The van der Waals surface area contributed by atoms with Crippen LogP contribution in [0, 0.1) is 62.6 Å². The molecule has 0 radical (unpaired) electrons. The number of rotatable bonds is 7. The van der Waals surface area contributed by atoms with Crippen molar-refractivity contribution in [3.05, 3.63) is 0 Å². The van der Waals surface area contributed by atoms with Gasteiger partial charge < -0.3 is 49.6 Å². The monoisotopic (exact) mass is 722 g/mol. The third-order valence-electron chi connectivity index (χ3n) is 17.6. The summed E-state index contributed by atoms with van der Waals surface area (Å²) in [6.45, 7) is 19.4. The second kappa shape index (κ2) is 13.4. The van der Waals surface area contributed by atoms with Gasteiger partial charge in [-0.1, -0.05) is 55.4 Å². The van der Waals surface area contributed by atoms with Crippen molar-refractivity contribution in [3.63, 3.8) is 0 Å². The molecule has 10 heteroatoms. The van der Waals surface area contributed by atoms with E-state index in [4.69, 9.17) is 18.9 Å². The van der Waals surface area contributed by atoms with Crippen LogP contribution >= 0.6 is 0 Å². The standard InChI is InChI=1S/C41H70O10/c1-21(2)22-11-14-38(5)17-18-40(7)23(29(22)38)9-10-27-39(6)15-13-28(37(3,4)26(39)12-16-41(27,40)8)51-36-33(46)31(44)25(50-36)20-48-35-34(47)32(45)30(43)24(19-42)49-35/h21-36,42-47H,9-20H2,1-8H3. The number of fused-ring (bicyclic) bond motifs is 7. The van der Waals surface area contributed by atoms with E-state index in [1.807, 2.05) is 0 Å². The van der Waals surface area contributed by atoms with Crippen molar-refractivity contribution in [2.45, 2.75) is 181 Å². The van der Waals surface area contributed by atoms with E-state index in [-0.39, 0.29) is 23.5 Å².